The van der Waals surface area contributed by atoms with Crippen LogP contribution in [0.1, 0.15) is 5.56 Å². The fourth-order valence-corrected chi connectivity index (χ4v) is 1.85. The van der Waals surface area contributed by atoms with E-state index in [4.69, 9.17) is 10.5 Å². The van der Waals surface area contributed by atoms with Gasteiger partial charge in [-0.1, -0.05) is 22.0 Å². The number of nitrogens with two attached hydrogens (primary N) is 1. The summed E-state index contributed by atoms with van der Waals surface area (Å²) in [6.45, 7) is 0.155. The summed E-state index contributed by atoms with van der Waals surface area (Å²) in [6.07, 6.45) is 0. The molecule has 2 rings (SSSR count). The summed E-state index contributed by atoms with van der Waals surface area (Å²) in [5.41, 5.74) is 7.10. The highest BCUT2D eigenvalue weighted by molar-refractivity contribution is 9.10. The summed E-state index contributed by atoms with van der Waals surface area (Å²) in [7, 11) is 0. The van der Waals surface area contributed by atoms with Crippen molar-refractivity contribution in [1.82, 2.24) is 0 Å². The summed E-state index contributed by atoms with van der Waals surface area (Å²) in [6, 6.07) is 8.39. The molecule has 0 aliphatic heterocycles. The molecule has 0 radical (unpaired) electrons. The van der Waals surface area contributed by atoms with Crippen LogP contribution >= 0.6 is 15.9 Å². The van der Waals surface area contributed by atoms with Crippen molar-refractivity contribution in [3.05, 3.63) is 58.1 Å². The summed E-state index contributed by atoms with van der Waals surface area (Å²) in [5, 5.41) is 0. The van der Waals surface area contributed by atoms with Gasteiger partial charge in [0.1, 0.15) is 24.0 Å². The van der Waals surface area contributed by atoms with Gasteiger partial charge in [-0.3, -0.25) is 0 Å². The molecule has 0 saturated carbocycles. The lowest BCUT2D eigenvalue weighted by atomic mass is 10.2. The predicted octanol–water partition coefficient (Wildman–Crippen LogP) is 3.89. The Balaban J connectivity index is 2.11. The molecule has 0 spiro atoms. The van der Waals surface area contributed by atoms with Gasteiger partial charge < -0.3 is 10.5 Å². The molecule has 0 aliphatic rings. The van der Waals surface area contributed by atoms with Gasteiger partial charge in [0.2, 0.25) is 0 Å². The van der Waals surface area contributed by atoms with Crippen LogP contribution in [0, 0.1) is 11.6 Å². The Morgan fingerprint density at radius 1 is 1.06 bits per heavy atom. The third-order valence-corrected chi connectivity index (χ3v) is 2.83. The van der Waals surface area contributed by atoms with Gasteiger partial charge in [-0.15, -0.1) is 0 Å². The smallest absolute Gasteiger partial charge is 0.129 e. The van der Waals surface area contributed by atoms with Crippen LogP contribution in [-0.2, 0) is 6.61 Å². The van der Waals surface area contributed by atoms with Gasteiger partial charge in [0, 0.05) is 33.9 Å². The molecule has 0 unspecified atom stereocenters. The second-order valence-corrected chi connectivity index (χ2v) is 4.65. The van der Waals surface area contributed by atoms with Crippen molar-refractivity contribution in [3.8, 4) is 5.75 Å². The van der Waals surface area contributed by atoms with Crippen LogP contribution < -0.4 is 10.5 Å². The zero-order chi connectivity index (χ0) is 13.1. The minimum Gasteiger partial charge on any atom is -0.489 e. The minimum atomic E-state index is -0.672. The van der Waals surface area contributed by atoms with Crippen molar-refractivity contribution in [1.29, 1.82) is 0 Å². The van der Waals surface area contributed by atoms with Crippen molar-refractivity contribution < 1.29 is 13.5 Å². The van der Waals surface area contributed by atoms with Gasteiger partial charge in [-0.25, -0.2) is 8.78 Å². The minimum absolute atomic E-state index is 0.134. The van der Waals surface area contributed by atoms with Gasteiger partial charge in [0.25, 0.3) is 0 Å². The molecule has 2 aromatic carbocycles. The largest absolute Gasteiger partial charge is 0.489 e. The van der Waals surface area contributed by atoms with E-state index >= 15 is 0 Å². The first-order valence-corrected chi connectivity index (χ1v) is 5.97. The number of rotatable bonds is 3. The monoisotopic (exact) mass is 313 g/mol. The van der Waals surface area contributed by atoms with E-state index < -0.39 is 11.6 Å². The van der Waals surface area contributed by atoms with E-state index in [0.29, 0.717) is 5.69 Å². The van der Waals surface area contributed by atoms with Crippen molar-refractivity contribution >= 4 is 21.6 Å². The highest BCUT2D eigenvalue weighted by Gasteiger charge is 2.04. The maximum absolute atomic E-state index is 12.9. The second kappa shape index (κ2) is 5.35. The standard InChI is InChI=1S/C13H10BrF2NO/c14-9-2-1-8(13(17)3-9)7-18-12-5-10(15)4-11(16)6-12/h1-6H,7,17H2. The van der Waals surface area contributed by atoms with Gasteiger partial charge in [-0.05, 0) is 12.1 Å². The van der Waals surface area contributed by atoms with Crippen molar-refractivity contribution in [2.24, 2.45) is 0 Å². The maximum Gasteiger partial charge on any atom is 0.129 e. The quantitative estimate of drug-likeness (QED) is 0.873. The first kappa shape index (κ1) is 12.8. The van der Waals surface area contributed by atoms with Crippen LogP contribution in [0.3, 0.4) is 0 Å². The van der Waals surface area contributed by atoms with Gasteiger partial charge >= 0.3 is 0 Å². The molecule has 0 aromatic heterocycles. The van der Waals surface area contributed by atoms with Crippen molar-refractivity contribution in [3.63, 3.8) is 0 Å². The fourth-order valence-electron chi connectivity index (χ4n) is 1.47. The van der Waals surface area contributed by atoms with Crippen molar-refractivity contribution in [2.75, 3.05) is 5.73 Å². The maximum atomic E-state index is 12.9. The number of hydrogen-bond donors (Lipinski definition) is 1. The lowest BCUT2D eigenvalue weighted by Gasteiger charge is -2.09. The van der Waals surface area contributed by atoms with Crippen LogP contribution in [0.5, 0.6) is 5.75 Å². The number of nitrogen functional groups attached to an aromatic ring is 1. The molecule has 5 heteroatoms. The molecule has 94 valence electrons. The van der Waals surface area contributed by atoms with E-state index in [9.17, 15) is 8.78 Å². The van der Waals surface area contributed by atoms with Gasteiger partial charge in [-0.2, -0.15) is 0 Å². The zero-order valence-corrected chi connectivity index (χ0v) is 10.9. The molecule has 18 heavy (non-hydrogen) atoms. The third-order valence-electron chi connectivity index (χ3n) is 2.34. The SMILES string of the molecule is Nc1cc(Br)ccc1COc1cc(F)cc(F)c1. The lowest BCUT2D eigenvalue weighted by molar-refractivity contribution is 0.303. The molecule has 0 heterocycles. The molecule has 2 aromatic rings. The van der Waals surface area contributed by atoms with Gasteiger partial charge in [0.05, 0.1) is 0 Å². The molecule has 0 saturated heterocycles. The third kappa shape index (κ3) is 3.20. The van der Waals surface area contributed by atoms with E-state index in [0.717, 1.165) is 28.2 Å². The average molecular weight is 314 g/mol. The van der Waals surface area contributed by atoms with Crippen LogP contribution in [0.15, 0.2) is 40.9 Å². The number of halogens is 3. The average Bonchev–Trinajstić information content (AvgIpc) is 2.26. The molecule has 0 atom stereocenters. The Kier molecular flexibility index (Phi) is 3.81. The summed E-state index contributed by atoms with van der Waals surface area (Å²) in [5.74, 6) is -1.21. The number of hydrogen-bond acceptors (Lipinski definition) is 2. The molecule has 2 nitrogen and oxygen atoms in total. The Morgan fingerprint density at radius 2 is 1.72 bits per heavy atom. The molecule has 0 aliphatic carbocycles. The Morgan fingerprint density at radius 3 is 2.33 bits per heavy atom. The molecule has 2 N–H and O–H groups in total. The van der Waals surface area contributed by atoms with Crippen LogP contribution in [0.25, 0.3) is 0 Å². The summed E-state index contributed by atoms with van der Waals surface area (Å²) < 4.78 is 32.0. The normalized spacial score (nSPS) is 10.4. The van der Waals surface area contributed by atoms with E-state index in [2.05, 4.69) is 15.9 Å². The van der Waals surface area contributed by atoms with E-state index in [1.54, 1.807) is 12.1 Å². The molecule has 0 amide bonds. The highest BCUT2D eigenvalue weighted by atomic mass is 79.9. The number of anilines is 1. The number of ether oxygens (including phenoxy) is 1. The van der Waals surface area contributed by atoms with E-state index in [1.807, 2.05) is 6.07 Å². The first-order chi connectivity index (χ1) is 8.54. The molecular weight excluding hydrogens is 304 g/mol. The van der Waals surface area contributed by atoms with Crippen molar-refractivity contribution in [2.45, 2.75) is 6.61 Å². The predicted molar refractivity (Wildman–Crippen MR) is 69.2 cm³/mol. The van der Waals surface area contributed by atoms with Crippen LogP contribution in [0.2, 0.25) is 0 Å². The van der Waals surface area contributed by atoms with Crippen LogP contribution in [-0.4, -0.2) is 0 Å². The first-order valence-electron chi connectivity index (χ1n) is 5.17. The zero-order valence-electron chi connectivity index (χ0n) is 9.29. The Hall–Kier alpha value is -1.62. The Labute approximate surface area is 112 Å². The topological polar surface area (TPSA) is 35.2 Å². The highest BCUT2D eigenvalue weighted by Crippen LogP contribution is 2.21. The lowest BCUT2D eigenvalue weighted by Crippen LogP contribution is -2.00. The van der Waals surface area contributed by atoms with Gasteiger partial charge in [0.15, 0.2) is 0 Å². The molecular formula is C13H10BrF2NO. The summed E-state index contributed by atoms with van der Waals surface area (Å²) in [4.78, 5) is 0. The van der Waals surface area contributed by atoms with E-state index in [-0.39, 0.29) is 12.4 Å². The van der Waals surface area contributed by atoms with Crippen LogP contribution in [0.4, 0.5) is 14.5 Å². The van der Waals surface area contributed by atoms with E-state index in [1.165, 1.54) is 0 Å². The Bertz CT molecular complexity index is 555. The fraction of sp³-hybridized carbons (Fsp3) is 0.0769. The second-order valence-electron chi connectivity index (χ2n) is 3.74. The number of benzene rings is 2. The summed E-state index contributed by atoms with van der Waals surface area (Å²) >= 11 is 3.29. The molecule has 0 fully saturated rings. The molecule has 0 bridgehead atoms.